The minimum atomic E-state index is 0.0680. The summed E-state index contributed by atoms with van der Waals surface area (Å²) >= 11 is 0. The second-order valence-electron chi connectivity index (χ2n) is 7.15. The van der Waals surface area contributed by atoms with Gasteiger partial charge in [0.25, 0.3) is 5.91 Å². The van der Waals surface area contributed by atoms with Crippen molar-refractivity contribution in [2.75, 3.05) is 26.2 Å². The Labute approximate surface area is 143 Å². The van der Waals surface area contributed by atoms with E-state index in [-0.39, 0.29) is 23.8 Å². The Morgan fingerprint density at radius 1 is 1.17 bits per heavy atom. The number of rotatable bonds is 4. The molecule has 0 bridgehead atoms. The second kappa shape index (κ2) is 7.34. The number of carbonyl (C=O) groups is 2. The van der Waals surface area contributed by atoms with Gasteiger partial charge in [-0.3, -0.25) is 9.59 Å². The highest BCUT2D eigenvalue weighted by molar-refractivity contribution is 5.94. The van der Waals surface area contributed by atoms with Crippen LogP contribution in [0.3, 0.4) is 0 Å². The molecule has 3 rings (SSSR count). The zero-order valence-corrected chi connectivity index (χ0v) is 14.5. The van der Waals surface area contributed by atoms with E-state index in [4.69, 9.17) is 0 Å². The highest BCUT2D eigenvalue weighted by atomic mass is 16.2. The molecule has 2 fully saturated rings. The van der Waals surface area contributed by atoms with Crippen molar-refractivity contribution in [2.24, 2.45) is 11.8 Å². The predicted molar refractivity (Wildman–Crippen MR) is 93.8 cm³/mol. The predicted octanol–water partition coefficient (Wildman–Crippen LogP) is 1.57. The number of nitrogens with one attached hydrogen (secondary N) is 2. The van der Waals surface area contributed by atoms with Crippen molar-refractivity contribution in [1.29, 1.82) is 0 Å². The van der Waals surface area contributed by atoms with Crippen molar-refractivity contribution in [3.05, 3.63) is 35.4 Å². The number of piperidine rings is 1. The Balaban J connectivity index is 1.47. The zero-order chi connectivity index (χ0) is 17.1. The lowest BCUT2D eigenvalue weighted by Crippen LogP contribution is -2.52. The molecule has 1 aromatic rings. The third-order valence-corrected chi connectivity index (χ3v) is 5.36. The van der Waals surface area contributed by atoms with Gasteiger partial charge < -0.3 is 15.5 Å². The maximum absolute atomic E-state index is 12.5. The smallest absolute Gasteiger partial charge is 0.253 e. The summed E-state index contributed by atoms with van der Waals surface area (Å²) in [6.45, 7) is 7.32. The average Bonchev–Trinajstić information content (AvgIpc) is 2.54. The van der Waals surface area contributed by atoms with Crippen LogP contribution in [0.1, 0.15) is 35.7 Å². The van der Waals surface area contributed by atoms with Crippen LogP contribution in [0.4, 0.5) is 0 Å². The van der Waals surface area contributed by atoms with Crippen molar-refractivity contribution in [2.45, 2.75) is 32.7 Å². The van der Waals surface area contributed by atoms with Crippen LogP contribution in [0.5, 0.6) is 0 Å². The molecule has 24 heavy (non-hydrogen) atoms. The summed E-state index contributed by atoms with van der Waals surface area (Å²) in [6, 6.07) is 7.91. The molecule has 2 N–H and O–H groups in total. The number of amides is 2. The average molecular weight is 329 g/mol. The molecule has 2 aliphatic heterocycles. The van der Waals surface area contributed by atoms with E-state index in [1.807, 2.05) is 43.0 Å². The lowest BCUT2D eigenvalue weighted by Gasteiger charge is -2.35. The van der Waals surface area contributed by atoms with E-state index in [9.17, 15) is 9.59 Å². The first-order valence-corrected chi connectivity index (χ1v) is 8.91. The van der Waals surface area contributed by atoms with Crippen LogP contribution in [0.2, 0.25) is 0 Å². The van der Waals surface area contributed by atoms with Crippen LogP contribution in [-0.2, 0) is 4.79 Å². The molecule has 2 aliphatic rings. The zero-order valence-electron chi connectivity index (χ0n) is 14.5. The Hall–Kier alpha value is -1.88. The van der Waals surface area contributed by atoms with Crippen LogP contribution in [-0.4, -0.2) is 48.9 Å². The Morgan fingerprint density at radius 3 is 2.33 bits per heavy atom. The Bertz CT molecular complexity index is 587. The molecule has 1 atom stereocenters. The molecule has 0 spiro atoms. The fourth-order valence-corrected chi connectivity index (χ4v) is 3.32. The Kier molecular flexibility index (Phi) is 5.19. The second-order valence-corrected chi connectivity index (χ2v) is 7.15. The molecule has 0 radical (unpaired) electrons. The van der Waals surface area contributed by atoms with Crippen molar-refractivity contribution < 1.29 is 9.59 Å². The minimum absolute atomic E-state index is 0.0680. The van der Waals surface area contributed by atoms with Crippen LogP contribution in [0, 0.1) is 18.8 Å². The molecule has 5 nitrogen and oxygen atoms in total. The third-order valence-electron chi connectivity index (χ3n) is 5.36. The summed E-state index contributed by atoms with van der Waals surface area (Å²) in [6.07, 6.45) is 1.66. The van der Waals surface area contributed by atoms with E-state index >= 15 is 0 Å². The summed E-state index contributed by atoms with van der Waals surface area (Å²) in [4.78, 5) is 26.7. The number of likely N-dealkylation sites (tertiary alicyclic amines) is 1. The van der Waals surface area contributed by atoms with Crippen LogP contribution in [0.25, 0.3) is 0 Å². The monoisotopic (exact) mass is 329 g/mol. The molecule has 2 amide bonds. The van der Waals surface area contributed by atoms with Gasteiger partial charge in [-0.2, -0.15) is 0 Å². The molecule has 0 aromatic heterocycles. The minimum Gasteiger partial charge on any atom is -0.353 e. The molecule has 2 heterocycles. The highest BCUT2D eigenvalue weighted by Crippen LogP contribution is 2.18. The van der Waals surface area contributed by atoms with E-state index in [2.05, 4.69) is 10.6 Å². The van der Waals surface area contributed by atoms with Crippen molar-refractivity contribution in [3.8, 4) is 0 Å². The first kappa shape index (κ1) is 17.0. The molecular formula is C19H27N3O2. The molecular weight excluding hydrogens is 302 g/mol. The van der Waals surface area contributed by atoms with Gasteiger partial charge >= 0.3 is 0 Å². The van der Waals surface area contributed by atoms with Gasteiger partial charge in [0, 0.05) is 30.6 Å². The van der Waals surface area contributed by atoms with E-state index in [1.165, 1.54) is 0 Å². The number of nitrogens with zero attached hydrogens (tertiary/aromatic N) is 1. The quantitative estimate of drug-likeness (QED) is 0.881. The van der Waals surface area contributed by atoms with Gasteiger partial charge in [-0.25, -0.2) is 0 Å². The van der Waals surface area contributed by atoms with Gasteiger partial charge in [-0.05, 0) is 50.9 Å². The lowest BCUT2D eigenvalue weighted by atomic mass is 9.88. The summed E-state index contributed by atoms with van der Waals surface area (Å²) in [5, 5.41) is 6.38. The van der Waals surface area contributed by atoms with Crippen molar-refractivity contribution in [3.63, 3.8) is 0 Å². The first-order valence-electron chi connectivity index (χ1n) is 8.91. The number of hydrogen-bond acceptors (Lipinski definition) is 3. The fraction of sp³-hybridized carbons (Fsp3) is 0.579. The maximum atomic E-state index is 12.5. The summed E-state index contributed by atoms with van der Waals surface area (Å²) in [5.74, 6) is 0.783. The summed E-state index contributed by atoms with van der Waals surface area (Å²) in [7, 11) is 0. The van der Waals surface area contributed by atoms with E-state index in [1.54, 1.807) is 0 Å². The summed E-state index contributed by atoms with van der Waals surface area (Å²) < 4.78 is 0. The molecule has 130 valence electrons. The van der Waals surface area contributed by atoms with Gasteiger partial charge in [0.05, 0.1) is 0 Å². The molecule has 1 unspecified atom stereocenters. The number of carbonyl (C=O) groups excluding carboxylic acids is 2. The van der Waals surface area contributed by atoms with Gasteiger partial charge in [-0.1, -0.05) is 24.6 Å². The standard InChI is InChI=1S/C19H27N3O2/c1-13-3-5-15(6-4-13)19(24)22-9-7-17(8-10-22)21-18(23)14(2)16-11-20-12-16/h3-6,14,16-17,20H,7-12H2,1-2H3,(H,21,23). The van der Waals surface area contributed by atoms with Crippen LogP contribution >= 0.6 is 0 Å². The molecule has 0 saturated carbocycles. The van der Waals surface area contributed by atoms with E-state index in [0.717, 1.165) is 37.1 Å². The van der Waals surface area contributed by atoms with Crippen LogP contribution < -0.4 is 10.6 Å². The van der Waals surface area contributed by atoms with Gasteiger partial charge in [0.1, 0.15) is 0 Å². The topological polar surface area (TPSA) is 61.4 Å². The molecule has 0 aliphatic carbocycles. The van der Waals surface area contributed by atoms with Crippen LogP contribution in [0.15, 0.2) is 24.3 Å². The fourth-order valence-electron chi connectivity index (χ4n) is 3.32. The molecule has 1 aromatic carbocycles. The normalized spacial score (nSPS) is 20.3. The SMILES string of the molecule is Cc1ccc(C(=O)N2CCC(NC(=O)C(C)C3CNC3)CC2)cc1. The lowest BCUT2D eigenvalue weighted by molar-refractivity contribution is -0.127. The number of benzene rings is 1. The van der Waals surface area contributed by atoms with Gasteiger partial charge in [0.2, 0.25) is 5.91 Å². The number of aryl methyl sites for hydroxylation is 1. The number of hydrogen-bond donors (Lipinski definition) is 2. The highest BCUT2D eigenvalue weighted by Gasteiger charge is 2.31. The molecule has 5 heteroatoms. The van der Waals surface area contributed by atoms with Crippen molar-refractivity contribution >= 4 is 11.8 Å². The van der Waals surface area contributed by atoms with Crippen molar-refractivity contribution in [1.82, 2.24) is 15.5 Å². The van der Waals surface area contributed by atoms with Gasteiger partial charge in [0.15, 0.2) is 0 Å². The Morgan fingerprint density at radius 2 is 1.79 bits per heavy atom. The van der Waals surface area contributed by atoms with Gasteiger partial charge in [-0.15, -0.1) is 0 Å². The van der Waals surface area contributed by atoms with E-state index < -0.39 is 0 Å². The maximum Gasteiger partial charge on any atom is 0.253 e. The summed E-state index contributed by atoms with van der Waals surface area (Å²) in [5.41, 5.74) is 1.90. The largest absolute Gasteiger partial charge is 0.353 e. The van der Waals surface area contributed by atoms with E-state index in [0.29, 0.717) is 19.0 Å². The first-order chi connectivity index (χ1) is 11.5. The molecule has 2 saturated heterocycles. The third kappa shape index (κ3) is 3.78.